The molecule has 0 spiro atoms. The van der Waals surface area contributed by atoms with Gasteiger partial charge in [-0.3, -0.25) is 4.90 Å². The highest BCUT2D eigenvalue weighted by atomic mass is 15.2. The molecule has 1 aliphatic rings. The molecular weight excluding hydrogens is 256 g/mol. The third-order valence-corrected chi connectivity index (χ3v) is 4.58. The van der Waals surface area contributed by atoms with Gasteiger partial charge in [-0.2, -0.15) is 0 Å². The van der Waals surface area contributed by atoms with E-state index in [1.54, 1.807) is 0 Å². The predicted octanol–water partition coefficient (Wildman–Crippen LogP) is 3.72. The van der Waals surface area contributed by atoms with E-state index >= 15 is 0 Å². The minimum absolute atomic E-state index is 0.605. The lowest BCUT2D eigenvalue weighted by Crippen LogP contribution is -2.56. The molecule has 118 valence electrons. The number of nitrogens with one attached hydrogen (secondary N) is 1. The van der Waals surface area contributed by atoms with Crippen LogP contribution in [0, 0.1) is 5.92 Å². The van der Waals surface area contributed by atoms with Gasteiger partial charge in [0, 0.05) is 25.2 Å². The summed E-state index contributed by atoms with van der Waals surface area (Å²) in [5, 5.41) is 3.71. The van der Waals surface area contributed by atoms with E-state index in [0.717, 1.165) is 18.9 Å². The van der Waals surface area contributed by atoms with E-state index in [9.17, 15) is 0 Å². The summed E-state index contributed by atoms with van der Waals surface area (Å²) in [5.74, 6) is 0.844. The van der Waals surface area contributed by atoms with Gasteiger partial charge in [0.25, 0.3) is 0 Å². The molecule has 0 aliphatic carbocycles. The molecule has 2 unspecified atom stereocenters. The van der Waals surface area contributed by atoms with Gasteiger partial charge >= 0.3 is 0 Å². The molecular formula is C19H32N2. The molecule has 1 N–H and O–H groups in total. The van der Waals surface area contributed by atoms with Gasteiger partial charge in [-0.1, -0.05) is 57.0 Å². The zero-order valence-corrected chi connectivity index (χ0v) is 14.0. The van der Waals surface area contributed by atoms with Crippen LogP contribution in [0.3, 0.4) is 0 Å². The molecule has 1 fully saturated rings. The van der Waals surface area contributed by atoms with Crippen molar-refractivity contribution in [2.24, 2.45) is 5.92 Å². The fraction of sp³-hybridized carbons (Fsp3) is 0.684. The summed E-state index contributed by atoms with van der Waals surface area (Å²) in [6.07, 6.45) is 5.24. The van der Waals surface area contributed by atoms with Gasteiger partial charge in [0.1, 0.15) is 0 Å². The van der Waals surface area contributed by atoms with Crippen LogP contribution in [0.4, 0.5) is 0 Å². The van der Waals surface area contributed by atoms with Gasteiger partial charge in [-0.25, -0.2) is 0 Å². The zero-order chi connectivity index (χ0) is 15.1. The molecule has 1 heterocycles. The summed E-state index contributed by atoms with van der Waals surface area (Å²) >= 11 is 0. The van der Waals surface area contributed by atoms with E-state index in [1.807, 2.05) is 0 Å². The molecule has 0 radical (unpaired) electrons. The third kappa shape index (κ3) is 5.80. The molecule has 21 heavy (non-hydrogen) atoms. The van der Waals surface area contributed by atoms with Crippen LogP contribution in [0.25, 0.3) is 0 Å². The molecule has 1 aromatic carbocycles. The first kappa shape index (κ1) is 16.5. The third-order valence-electron chi connectivity index (χ3n) is 4.58. The Morgan fingerprint density at radius 3 is 2.67 bits per heavy atom. The Kier molecular flexibility index (Phi) is 6.72. The van der Waals surface area contributed by atoms with Crippen molar-refractivity contribution >= 4 is 0 Å². The number of piperazine rings is 1. The maximum absolute atomic E-state index is 3.71. The molecule has 2 heteroatoms. The SMILES string of the molecule is CC(C)CCCCN1CC(Cc2ccccc2)NCC1C. The minimum atomic E-state index is 0.605. The molecule has 0 saturated carbocycles. The lowest BCUT2D eigenvalue weighted by Gasteiger charge is -2.39. The first-order valence-corrected chi connectivity index (χ1v) is 8.66. The smallest absolute Gasteiger partial charge is 0.0236 e. The highest BCUT2D eigenvalue weighted by Crippen LogP contribution is 2.14. The largest absolute Gasteiger partial charge is 0.311 e. The van der Waals surface area contributed by atoms with Crippen molar-refractivity contribution in [1.29, 1.82) is 0 Å². The predicted molar refractivity (Wildman–Crippen MR) is 91.7 cm³/mol. The summed E-state index contributed by atoms with van der Waals surface area (Å²) in [6, 6.07) is 12.2. The van der Waals surface area contributed by atoms with Crippen molar-refractivity contribution in [2.45, 2.75) is 58.5 Å². The number of nitrogens with zero attached hydrogens (tertiary/aromatic N) is 1. The van der Waals surface area contributed by atoms with Gasteiger partial charge in [0.05, 0.1) is 0 Å². The maximum atomic E-state index is 3.71. The fourth-order valence-corrected chi connectivity index (χ4v) is 3.21. The number of rotatable bonds is 7. The Labute approximate surface area is 130 Å². The Bertz CT molecular complexity index is 388. The van der Waals surface area contributed by atoms with Crippen molar-refractivity contribution in [3.8, 4) is 0 Å². The second kappa shape index (κ2) is 8.55. The number of hydrogen-bond acceptors (Lipinski definition) is 2. The quantitative estimate of drug-likeness (QED) is 0.769. The fourth-order valence-electron chi connectivity index (χ4n) is 3.21. The number of hydrogen-bond donors (Lipinski definition) is 1. The Morgan fingerprint density at radius 1 is 1.19 bits per heavy atom. The summed E-state index contributed by atoms with van der Waals surface area (Å²) < 4.78 is 0. The lowest BCUT2D eigenvalue weighted by atomic mass is 10.0. The molecule has 0 amide bonds. The standard InChI is InChI=1S/C19H32N2/c1-16(2)9-7-8-12-21-15-19(20-14-17(21)3)13-18-10-5-4-6-11-18/h4-6,10-11,16-17,19-20H,7-9,12-15H2,1-3H3. The van der Waals surface area contributed by atoms with Crippen LogP contribution in [-0.2, 0) is 6.42 Å². The van der Waals surface area contributed by atoms with E-state index in [2.05, 4.69) is 61.3 Å². The summed E-state index contributed by atoms with van der Waals surface area (Å²) in [4.78, 5) is 2.68. The van der Waals surface area contributed by atoms with Crippen LogP contribution in [0.1, 0.15) is 45.6 Å². The maximum Gasteiger partial charge on any atom is 0.0236 e. The van der Waals surface area contributed by atoms with Crippen molar-refractivity contribution in [3.05, 3.63) is 35.9 Å². The van der Waals surface area contributed by atoms with Gasteiger partial charge in [-0.05, 0) is 37.8 Å². The molecule has 2 atom stereocenters. The lowest BCUT2D eigenvalue weighted by molar-refractivity contribution is 0.137. The van der Waals surface area contributed by atoms with E-state index in [1.165, 1.54) is 37.9 Å². The molecule has 0 bridgehead atoms. The van der Waals surface area contributed by atoms with E-state index < -0.39 is 0 Å². The zero-order valence-electron chi connectivity index (χ0n) is 14.0. The highest BCUT2D eigenvalue weighted by Gasteiger charge is 2.24. The molecule has 1 aromatic rings. The first-order valence-electron chi connectivity index (χ1n) is 8.66. The van der Waals surface area contributed by atoms with Crippen molar-refractivity contribution in [2.75, 3.05) is 19.6 Å². The molecule has 1 aliphatic heterocycles. The Morgan fingerprint density at radius 2 is 1.95 bits per heavy atom. The van der Waals surface area contributed by atoms with E-state index in [-0.39, 0.29) is 0 Å². The second-order valence-electron chi connectivity index (χ2n) is 7.03. The van der Waals surface area contributed by atoms with Gasteiger partial charge < -0.3 is 5.32 Å². The van der Waals surface area contributed by atoms with E-state index in [0.29, 0.717) is 12.1 Å². The molecule has 1 saturated heterocycles. The van der Waals surface area contributed by atoms with Crippen LogP contribution in [0.2, 0.25) is 0 Å². The van der Waals surface area contributed by atoms with Gasteiger partial charge in [-0.15, -0.1) is 0 Å². The van der Waals surface area contributed by atoms with Crippen LogP contribution < -0.4 is 5.32 Å². The van der Waals surface area contributed by atoms with Gasteiger partial charge in [0.15, 0.2) is 0 Å². The van der Waals surface area contributed by atoms with Crippen LogP contribution in [0.5, 0.6) is 0 Å². The van der Waals surface area contributed by atoms with Crippen LogP contribution in [0.15, 0.2) is 30.3 Å². The van der Waals surface area contributed by atoms with Crippen molar-refractivity contribution in [3.63, 3.8) is 0 Å². The topological polar surface area (TPSA) is 15.3 Å². The summed E-state index contributed by atoms with van der Waals surface area (Å²) in [6.45, 7) is 10.6. The first-order chi connectivity index (χ1) is 10.1. The average Bonchev–Trinajstić information content (AvgIpc) is 2.47. The molecule has 2 nitrogen and oxygen atoms in total. The second-order valence-corrected chi connectivity index (χ2v) is 7.03. The normalized spacial score (nSPS) is 23.6. The van der Waals surface area contributed by atoms with Gasteiger partial charge in [0.2, 0.25) is 0 Å². The minimum Gasteiger partial charge on any atom is -0.311 e. The number of unbranched alkanes of at least 4 members (excludes halogenated alkanes) is 1. The highest BCUT2D eigenvalue weighted by molar-refractivity contribution is 5.16. The molecule has 2 rings (SSSR count). The van der Waals surface area contributed by atoms with Crippen molar-refractivity contribution < 1.29 is 0 Å². The van der Waals surface area contributed by atoms with Crippen LogP contribution in [-0.4, -0.2) is 36.6 Å². The Balaban J connectivity index is 1.76. The monoisotopic (exact) mass is 288 g/mol. The summed E-state index contributed by atoms with van der Waals surface area (Å²) in [7, 11) is 0. The Hall–Kier alpha value is -0.860. The van der Waals surface area contributed by atoms with Crippen LogP contribution >= 0.6 is 0 Å². The molecule has 0 aromatic heterocycles. The summed E-state index contributed by atoms with van der Waals surface area (Å²) in [5.41, 5.74) is 1.45. The van der Waals surface area contributed by atoms with E-state index in [4.69, 9.17) is 0 Å². The van der Waals surface area contributed by atoms with Crippen molar-refractivity contribution in [1.82, 2.24) is 10.2 Å². The number of benzene rings is 1. The average molecular weight is 288 g/mol.